The first-order valence-corrected chi connectivity index (χ1v) is 6.43. The molecule has 0 amide bonds. The average Bonchev–Trinajstić information content (AvgIpc) is 2.74. The van der Waals surface area contributed by atoms with Gasteiger partial charge in [0.05, 0.1) is 12.7 Å². The molecular formula is C13H19N3O. The quantitative estimate of drug-likeness (QED) is 0.833. The third kappa shape index (κ3) is 2.48. The molecule has 1 aromatic rings. The van der Waals surface area contributed by atoms with Crippen LogP contribution in [0.15, 0.2) is 18.7 Å². The Hall–Kier alpha value is -1.00. The number of rotatable bonds is 2. The van der Waals surface area contributed by atoms with Crippen molar-refractivity contribution in [2.75, 3.05) is 19.7 Å². The molecular weight excluding hydrogens is 214 g/mol. The summed E-state index contributed by atoms with van der Waals surface area (Å²) in [4.78, 5) is 8.11. The van der Waals surface area contributed by atoms with Crippen LogP contribution >= 0.6 is 0 Å². The van der Waals surface area contributed by atoms with E-state index in [9.17, 15) is 0 Å². The zero-order valence-corrected chi connectivity index (χ0v) is 10.1. The molecule has 0 aliphatic carbocycles. The molecule has 0 aromatic carbocycles. The predicted molar refractivity (Wildman–Crippen MR) is 64.6 cm³/mol. The van der Waals surface area contributed by atoms with Gasteiger partial charge < -0.3 is 10.1 Å². The van der Waals surface area contributed by atoms with Crippen LogP contribution in [0, 0.1) is 5.41 Å². The first-order chi connectivity index (χ1) is 8.36. The summed E-state index contributed by atoms with van der Waals surface area (Å²) in [6, 6.07) is 0. The Morgan fingerprint density at radius 1 is 1.29 bits per heavy atom. The number of nitrogens with one attached hydrogen (secondary N) is 1. The lowest BCUT2D eigenvalue weighted by atomic mass is 9.77. The third-order valence-electron chi connectivity index (χ3n) is 4.03. The van der Waals surface area contributed by atoms with E-state index >= 15 is 0 Å². The summed E-state index contributed by atoms with van der Waals surface area (Å²) in [5, 5.41) is 3.42. The third-order valence-corrected chi connectivity index (χ3v) is 4.03. The first-order valence-electron chi connectivity index (χ1n) is 6.43. The van der Waals surface area contributed by atoms with Crippen LogP contribution in [0.1, 0.15) is 24.8 Å². The van der Waals surface area contributed by atoms with E-state index in [2.05, 4.69) is 15.3 Å². The molecule has 3 heterocycles. The molecule has 1 spiro atoms. The number of hydrogen-bond donors (Lipinski definition) is 1. The molecule has 2 aliphatic rings. The highest BCUT2D eigenvalue weighted by atomic mass is 16.5. The Bertz CT molecular complexity index is 362. The number of ether oxygens (including phenoxy) is 1. The molecule has 4 heteroatoms. The van der Waals surface area contributed by atoms with E-state index in [1.54, 1.807) is 6.33 Å². The van der Waals surface area contributed by atoms with Gasteiger partial charge in [-0.3, -0.25) is 0 Å². The van der Waals surface area contributed by atoms with Gasteiger partial charge in [-0.25, -0.2) is 9.97 Å². The number of aromatic nitrogens is 2. The summed E-state index contributed by atoms with van der Waals surface area (Å²) >= 11 is 0. The van der Waals surface area contributed by atoms with Gasteiger partial charge in [0.25, 0.3) is 0 Å². The molecule has 17 heavy (non-hydrogen) atoms. The second-order valence-electron chi connectivity index (χ2n) is 5.34. The molecule has 92 valence electrons. The minimum Gasteiger partial charge on any atom is -0.377 e. The average molecular weight is 233 g/mol. The van der Waals surface area contributed by atoms with Crippen molar-refractivity contribution in [3.8, 4) is 0 Å². The normalized spacial score (nSPS) is 27.4. The Morgan fingerprint density at radius 2 is 2.06 bits per heavy atom. The van der Waals surface area contributed by atoms with E-state index in [4.69, 9.17) is 4.74 Å². The van der Waals surface area contributed by atoms with Crippen molar-refractivity contribution in [3.05, 3.63) is 24.3 Å². The topological polar surface area (TPSA) is 47.0 Å². The molecule has 2 saturated heterocycles. The van der Waals surface area contributed by atoms with Crippen molar-refractivity contribution in [1.82, 2.24) is 15.3 Å². The largest absolute Gasteiger partial charge is 0.377 e. The van der Waals surface area contributed by atoms with Crippen LogP contribution in [0.2, 0.25) is 0 Å². The van der Waals surface area contributed by atoms with Gasteiger partial charge in [-0.1, -0.05) is 0 Å². The highest BCUT2D eigenvalue weighted by Gasteiger charge is 2.40. The Balaban J connectivity index is 1.60. The van der Waals surface area contributed by atoms with Crippen LogP contribution < -0.4 is 5.32 Å². The van der Waals surface area contributed by atoms with Crippen molar-refractivity contribution >= 4 is 0 Å². The van der Waals surface area contributed by atoms with Crippen molar-refractivity contribution in [3.63, 3.8) is 0 Å². The molecule has 2 aliphatic heterocycles. The monoisotopic (exact) mass is 233 g/mol. The maximum atomic E-state index is 5.97. The van der Waals surface area contributed by atoms with Gasteiger partial charge >= 0.3 is 0 Å². The molecule has 3 rings (SSSR count). The smallest absolute Gasteiger partial charge is 0.115 e. The summed E-state index contributed by atoms with van der Waals surface area (Å²) in [5.41, 5.74) is 1.63. The summed E-state index contributed by atoms with van der Waals surface area (Å²) < 4.78 is 5.97. The lowest BCUT2D eigenvalue weighted by Crippen LogP contribution is -2.37. The summed E-state index contributed by atoms with van der Waals surface area (Å²) in [5.74, 6) is 0. The van der Waals surface area contributed by atoms with Gasteiger partial charge in [-0.2, -0.15) is 0 Å². The molecule has 0 saturated carbocycles. The van der Waals surface area contributed by atoms with Gasteiger partial charge in [0.2, 0.25) is 0 Å². The Labute approximate surface area is 102 Å². The molecule has 1 aromatic heterocycles. The minimum absolute atomic E-state index is 0.360. The van der Waals surface area contributed by atoms with E-state index in [1.165, 1.54) is 24.8 Å². The van der Waals surface area contributed by atoms with Gasteiger partial charge in [-0.05, 0) is 43.3 Å². The molecule has 2 fully saturated rings. The van der Waals surface area contributed by atoms with Gasteiger partial charge in [-0.15, -0.1) is 0 Å². The SMILES string of the molecule is c1ncc(C[C@@H]2CC3(CCNCC3)CO2)cn1. The first kappa shape index (κ1) is 11.1. The summed E-state index contributed by atoms with van der Waals surface area (Å²) in [6.07, 6.45) is 10.4. The van der Waals surface area contributed by atoms with Crippen molar-refractivity contribution in [2.45, 2.75) is 31.8 Å². The summed E-state index contributed by atoms with van der Waals surface area (Å²) in [7, 11) is 0. The Morgan fingerprint density at radius 3 is 2.82 bits per heavy atom. The second kappa shape index (κ2) is 4.70. The van der Waals surface area contributed by atoms with E-state index in [0.29, 0.717) is 11.5 Å². The van der Waals surface area contributed by atoms with E-state index in [1.807, 2.05) is 12.4 Å². The minimum atomic E-state index is 0.360. The fraction of sp³-hybridized carbons (Fsp3) is 0.692. The molecule has 0 unspecified atom stereocenters. The van der Waals surface area contributed by atoms with Gasteiger partial charge in [0, 0.05) is 18.8 Å². The summed E-state index contributed by atoms with van der Waals surface area (Å²) in [6.45, 7) is 3.22. The van der Waals surface area contributed by atoms with Crippen LogP contribution in [0.5, 0.6) is 0 Å². The van der Waals surface area contributed by atoms with Crippen LogP contribution in [0.25, 0.3) is 0 Å². The standard InChI is InChI=1S/C13H19N3O/c1-3-14-4-2-13(1)6-12(17-9-13)5-11-7-15-10-16-8-11/h7-8,10,12,14H,1-6,9H2/t12-/m1/s1. The molecule has 1 N–H and O–H groups in total. The molecule has 1 atom stereocenters. The second-order valence-corrected chi connectivity index (χ2v) is 5.34. The van der Waals surface area contributed by atoms with Gasteiger partial charge in [0.15, 0.2) is 0 Å². The van der Waals surface area contributed by atoms with E-state index in [-0.39, 0.29) is 0 Å². The number of nitrogens with zero attached hydrogens (tertiary/aromatic N) is 2. The number of piperidine rings is 1. The van der Waals surface area contributed by atoms with Crippen molar-refractivity contribution in [1.29, 1.82) is 0 Å². The van der Waals surface area contributed by atoms with Crippen LogP contribution in [0.3, 0.4) is 0 Å². The highest BCUT2D eigenvalue weighted by molar-refractivity contribution is 5.06. The van der Waals surface area contributed by atoms with Crippen LogP contribution in [0.4, 0.5) is 0 Å². The predicted octanol–water partition coefficient (Wildman–Crippen LogP) is 1.18. The van der Waals surface area contributed by atoms with E-state index < -0.39 is 0 Å². The molecule has 0 bridgehead atoms. The number of hydrogen-bond acceptors (Lipinski definition) is 4. The lowest BCUT2D eigenvalue weighted by molar-refractivity contribution is 0.0867. The maximum absolute atomic E-state index is 5.97. The molecule has 0 radical (unpaired) electrons. The maximum Gasteiger partial charge on any atom is 0.115 e. The van der Waals surface area contributed by atoms with E-state index in [0.717, 1.165) is 26.1 Å². The van der Waals surface area contributed by atoms with Crippen LogP contribution in [-0.4, -0.2) is 35.8 Å². The van der Waals surface area contributed by atoms with Crippen molar-refractivity contribution in [2.24, 2.45) is 5.41 Å². The zero-order chi connectivity index (χ0) is 11.6. The van der Waals surface area contributed by atoms with Gasteiger partial charge in [0.1, 0.15) is 6.33 Å². The lowest BCUT2D eigenvalue weighted by Gasteiger charge is -2.32. The van der Waals surface area contributed by atoms with Crippen LogP contribution in [-0.2, 0) is 11.2 Å². The molecule has 4 nitrogen and oxygen atoms in total. The van der Waals surface area contributed by atoms with Crippen molar-refractivity contribution < 1.29 is 4.74 Å². The fourth-order valence-corrected chi connectivity index (χ4v) is 3.03. The fourth-order valence-electron chi connectivity index (χ4n) is 3.03. The highest BCUT2D eigenvalue weighted by Crippen LogP contribution is 2.40. The zero-order valence-electron chi connectivity index (χ0n) is 10.1. The Kier molecular flexibility index (Phi) is 3.07.